The van der Waals surface area contributed by atoms with Gasteiger partial charge in [0, 0.05) is 24.1 Å². The monoisotopic (exact) mass is 305 g/mol. The van der Waals surface area contributed by atoms with E-state index in [1.54, 1.807) is 19.1 Å². The zero-order valence-electron chi connectivity index (χ0n) is 13.1. The minimum Gasteiger partial charge on any atom is -0.396 e. The Balaban J connectivity index is 1.75. The van der Waals surface area contributed by atoms with Crippen molar-refractivity contribution in [1.29, 1.82) is 0 Å². The number of rotatable bonds is 4. The lowest BCUT2D eigenvalue weighted by Crippen LogP contribution is -2.48. The van der Waals surface area contributed by atoms with Gasteiger partial charge in [0.2, 0.25) is 0 Å². The third-order valence-corrected chi connectivity index (χ3v) is 5.11. The molecule has 0 radical (unpaired) electrons. The molecule has 1 saturated heterocycles. The lowest BCUT2D eigenvalue weighted by molar-refractivity contribution is 0.0196. The van der Waals surface area contributed by atoms with Crippen molar-refractivity contribution in [3.8, 4) is 0 Å². The number of aryl methyl sites for hydroxylation is 1. The molecule has 1 heterocycles. The topological polar surface area (TPSA) is 40.5 Å². The number of carbonyl (C=O) groups excluding carboxylic acids is 1. The van der Waals surface area contributed by atoms with Crippen LogP contribution in [0.3, 0.4) is 0 Å². The molecule has 1 aliphatic carbocycles. The van der Waals surface area contributed by atoms with Crippen LogP contribution in [0.5, 0.6) is 0 Å². The number of benzene rings is 1. The largest absolute Gasteiger partial charge is 0.396 e. The van der Waals surface area contributed by atoms with Crippen molar-refractivity contribution >= 4 is 5.91 Å². The van der Waals surface area contributed by atoms with E-state index in [4.69, 9.17) is 0 Å². The number of hydrogen-bond acceptors (Lipinski definition) is 2. The van der Waals surface area contributed by atoms with Crippen LogP contribution in [0.15, 0.2) is 18.2 Å². The first-order chi connectivity index (χ1) is 10.5. The molecule has 1 atom stereocenters. The molecule has 1 unspecified atom stereocenters. The Morgan fingerprint density at radius 3 is 2.86 bits per heavy atom. The smallest absolute Gasteiger partial charge is 0.253 e. The van der Waals surface area contributed by atoms with Crippen LogP contribution >= 0.6 is 0 Å². The normalized spacial score (nSPS) is 25.3. The lowest BCUT2D eigenvalue weighted by Gasteiger charge is -2.42. The van der Waals surface area contributed by atoms with Crippen LogP contribution in [0, 0.1) is 24.1 Å². The third-order valence-electron chi connectivity index (χ3n) is 5.11. The predicted octanol–water partition coefficient (Wildman–Crippen LogP) is 3.15. The Morgan fingerprint density at radius 2 is 2.23 bits per heavy atom. The van der Waals surface area contributed by atoms with Gasteiger partial charge in [-0.25, -0.2) is 4.39 Å². The number of likely N-dealkylation sites (tertiary alicyclic amines) is 1. The molecule has 1 saturated carbocycles. The van der Waals surface area contributed by atoms with E-state index in [-0.39, 0.29) is 23.7 Å². The van der Waals surface area contributed by atoms with Crippen LogP contribution in [0.2, 0.25) is 0 Å². The van der Waals surface area contributed by atoms with Crippen molar-refractivity contribution in [3.63, 3.8) is 0 Å². The fourth-order valence-electron chi connectivity index (χ4n) is 3.64. The molecule has 1 aliphatic heterocycles. The van der Waals surface area contributed by atoms with Gasteiger partial charge < -0.3 is 10.0 Å². The second-order valence-electron chi connectivity index (χ2n) is 7.10. The lowest BCUT2D eigenvalue weighted by atomic mass is 9.76. The van der Waals surface area contributed by atoms with Crippen LogP contribution in [0.4, 0.5) is 4.39 Å². The van der Waals surface area contributed by atoms with Crippen molar-refractivity contribution in [2.24, 2.45) is 11.3 Å². The van der Waals surface area contributed by atoms with Crippen LogP contribution in [0.25, 0.3) is 0 Å². The molecule has 3 rings (SSSR count). The summed E-state index contributed by atoms with van der Waals surface area (Å²) in [7, 11) is 0. The van der Waals surface area contributed by atoms with Crippen molar-refractivity contribution in [1.82, 2.24) is 4.90 Å². The van der Waals surface area contributed by atoms with Crippen LogP contribution in [-0.4, -0.2) is 35.6 Å². The zero-order chi connectivity index (χ0) is 15.7. The molecule has 0 bridgehead atoms. The molecule has 120 valence electrons. The molecule has 1 N–H and O–H groups in total. The number of hydrogen-bond donors (Lipinski definition) is 1. The molecule has 2 aliphatic rings. The molecule has 2 fully saturated rings. The number of aliphatic hydroxyl groups is 1. The van der Waals surface area contributed by atoms with E-state index in [1.807, 2.05) is 4.90 Å². The quantitative estimate of drug-likeness (QED) is 0.928. The SMILES string of the molecule is Cc1cc(C(=O)N2CCCC(CO)(CC3CC3)C2)ccc1F. The molecular weight excluding hydrogens is 281 g/mol. The van der Waals surface area contributed by atoms with E-state index in [9.17, 15) is 14.3 Å². The number of aliphatic hydroxyl groups excluding tert-OH is 1. The number of nitrogens with zero attached hydrogens (tertiary/aromatic N) is 1. The molecule has 4 heteroatoms. The van der Waals surface area contributed by atoms with Crippen LogP contribution < -0.4 is 0 Å². The fourth-order valence-corrected chi connectivity index (χ4v) is 3.64. The van der Waals surface area contributed by atoms with E-state index >= 15 is 0 Å². The van der Waals surface area contributed by atoms with Crippen molar-refractivity contribution in [2.45, 2.75) is 39.0 Å². The predicted molar refractivity (Wildman–Crippen MR) is 83.1 cm³/mol. The minimum absolute atomic E-state index is 0.0450. The molecule has 22 heavy (non-hydrogen) atoms. The Kier molecular flexibility index (Phi) is 4.22. The van der Waals surface area contributed by atoms with Gasteiger partial charge in [0.05, 0.1) is 6.61 Å². The van der Waals surface area contributed by atoms with E-state index < -0.39 is 0 Å². The van der Waals surface area contributed by atoms with Crippen molar-refractivity contribution < 1.29 is 14.3 Å². The number of halogens is 1. The highest BCUT2D eigenvalue weighted by molar-refractivity contribution is 5.94. The van der Waals surface area contributed by atoms with E-state index in [2.05, 4.69) is 0 Å². The van der Waals surface area contributed by atoms with Gasteiger partial charge in [0.1, 0.15) is 5.82 Å². The molecule has 3 nitrogen and oxygen atoms in total. The highest BCUT2D eigenvalue weighted by atomic mass is 19.1. The molecule has 1 aromatic carbocycles. The summed E-state index contributed by atoms with van der Waals surface area (Å²) < 4.78 is 13.4. The van der Waals surface area contributed by atoms with Gasteiger partial charge >= 0.3 is 0 Å². The van der Waals surface area contributed by atoms with Gasteiger partial charge in [-0.1, -0.05) is 12.8 Å². The minimum atomic E-state index is -0.284. The third kappa shape index (κ3) is 3.17. The Labute approximate surface area is 131 Å². The van der Waals surface area contributed by atoms with Crippen molar-refractivity contribution in [2.75, 3.05) is 19.7 Å². The summed E-state index contributed by atoms with van der Waals surface area (Å²) in [5, 5.41) is 9.88. The van der Waals surface area contributed by atoms with Gasteiger partial charge in [-0.2, -0.15) is 0 Å². The summed E-state index contributed by atoms with van der Waals surface area (Å²) in [5.41, 5.74) is 0.901. The van der Waals surface area contributed by atoms with E-state index in [1.165, 1.54) is 18.9 Å². The highest BCUT2D eigenvalue weighted by Crippen LogP contribution is 2.44. The maximum absolute atomic E-state index is 13.4. The first-order valence-corrected chi connectivity index (χ1v) is 8.19. The average molecular weight is 305 g/mol. The Bertz CT molecular complexity index is 570. The van der Waals surface area contributed by atoms with Crippen LogP contribution in [-0.2, 0) is 0 Å². The summed E-state index contributed by atoms with van der Waals surface area (Å²) in [6.07, 6.45) is 5.46. The number of carbonyl (C=O) groups is 1. The number of amides is 1. The summed E-state index contributed by atoms with van der Waals surface area (Å²) in [5.74, 6) is 0.403. The van der Waals surface area contributed by atoms with Gasteiger partial charge in [-0.15, -0.1) is 0 Å². The van der Waals surface area contributed by atoms with E-state index in [0.717, 1.165) is 31.7 Å². The fraction of sp³-hybridized carbons (Fsp3) is 0.611. The first-order valence-electron chi connectivity index (χ1n) is 8.19. The molecule has 0 spiro atoms. The summed E-state index contributed by atoms with van der Waals surface area (Å²) in [4.78, 5) is 14.5. The second-order valence-corrected chi connectivity index (χ2v) is 7.10. The average Bonchev–Trinajstić information content (AvgIpc) is 3.33. The zero-order valence-corrected chi connectivity index (χ0v) is 13.1. The maximum atomic E-state index is 13.4. The Morgan fingerprint density at radius 1 is 1.45 bits per heavy atom. The summed E-state index contributed by atoms with van der Waals surface area (Å²) in [6, 6.07) is 4.53. The van der Waals surface area contributed by atoms with Gasteiger partial charge in [-0.05, 0) is 55.9 Å². The number of piperidine rings is 1. The van der Waals surface area contributed by atoms with E-state index in [0.29, 0.717) is 17.7 Å². The van der Waals surface area contributed by atoms with Gasteiger partial charge in [-0.3, -0.25) is 4.79 Å². The first kappa shape index (κ1) is 15.5. The maximum Gasteiger partial charge on any atom is 0.253 e. The van der Waals surface area contributed by atoms with Gasteiger partial charge in [0.25, 0.3) is 5.91 Å². The summed E-state index contributed by atoms with van der Waals surface area (Å²) >= 11 is 0. The standard InChI is InChI=1S/C18H24FNO2/c1-13-9-15(5-6-16(13)19)17(22)20-8-2-7-18(11-20,12-21)10-14-3-4-14/h5-6,9,14,21H,2-4,7-8,10-12H2,1H3. The molecule has 1 aromatic rings. The summed E-state index contributed by atoms with van der Waals surface area (Å²) in [6.45, 7) is 3.17. The highest BCUT2D eigenvalue weighted by Gasteiger charge is 2.41. The van der Waals surface area contributed by atoms with Gasteiger partial charge in [0.15, 0.2) is 0 Å². The molecule has 0 aromatic heterocycles. The Hall–Kier alpha value is -1.42. The van der Waals surface area contributed by atoms with Crippen LogP contribution in [0.1, 0.15) is 48.0 Å². The van der Waals surface area contributed by atoms with Crippen molar-refractivity contribution in [3.05, 3.63) is 35.1 Å². The molecule has 1 amide bonds. The second kappa shape index (κ2) is 5.99. The molecular formula is C18H24FNO2.